The summed E-state index contributed by atoms with van der Waals surface area (Å²) in [5, 5.41) is 2.76. The molecule has 1 N–H and O–H groups in total. The van der Waals surface area contributed by atoms with Crippen molar-refractivity contribution in [1.29, 1.82) is 0 Å². The van der Waals surface area contributed by atoms with Crippen LogP contribution in [0.25, 0.3) is 0 Å². The lowest BCUT2D eigenvalue weighted by molar-refractivity contribution is -0.118. The van der Waals surface area contributed by atoms with Gasteiger partial charge in [-0.15, -0.1) is 0 Å². The summed E-state index contributed by atoms with van der Waals surface area (Å²) >= 11 is 0. The molecule has 1 aliphatic carbocycles. The number of oxazole rings is 1. The highest BCUT2D eigenvalue weighted by Crippen LogP contribution is 2.17. The minimum absolute atomic E-state index is 0.00856. The van der Waals surface area contributed by atoms with Gasteiger partial charge < -0.3 is 9.73 Å². The van der Waals surface area contributed by atoms with Gasteiger partial charge in [0.2, 0.25) is 5.91 Å². The van der Waals surface area contributed by atoms with Crippen LogP contribution in [0.15, 0.2) is 28.7 Å². The van der Waals surface area contributed by atoms with Gasteiger partial charge in [0.15, 0.2) is 6.39 Å². The quantitative estimate of drug-likeness (QED) is 0.751. The molecule has 0 spiro atoms. The maximum absolute atomic E-state index is 11.3. The molecular weight excluding hydrogens is 168 g/mol. The minimum Gasteiger partial charge on any atom is -0.451 e. The van der Waals surface area contributed by atoms with Crippen LogP contribution in [0.3, 0.4) is 0 Å². The molecule has 1 aromatic heterocycles. The number of allylic oxidation sites excluding steroid dienone is 1. The zero-order valence-corrected chi connectivity index (χ0v) is 7.12. The molecule has 0 saturated carbocycles. The van der Waals surface area contributed by atoms with Crippen LogP contribution in [-0.2, 0) is 11.3 Å². The lowest BCUT2D eigenvalue weighted by Crippen LogP contribution is -2.26. The third kappa shape index (κ3) is 1.77. The summed E-state index contributed by atoms with van der Waals surface area (Å²) in [6, 6.07) is 0. The van der Waals surface area contributed by atoms with Crippen LogP contribution in [0, 0.1) is 0 Å². The molecule has 2 rings (SSSR count). The largest absolute Gasteiger partial charge is 0.451 e. The lowest BCUT2D eigenvalue weighted by Gasteiger charge is -2.12. The van der Waals surface area contributed by atoms with Crippen LogP contribution in [-0.4, -0.2) is 10.9 Å². The fraction of sp³-hybridized carbons (Fsp3) is 0.333. The van der Waals surface area contributed by atoms with Crippen LogP contribution in [0.5, 0.6) is 0 Å². The van der Waals surface area contributed by atoms with Crippen molar-refractivity contribution in [3.05, 3.63) is 30.0 Å². The predicted molar refractivity (Wildman–Crippen MR) is 45.7 cm³/mol. The van der Waals surface area contributed by atoms with Gasteiger partial charge in [-0.2, -0.15) is 0 Å². The number of amides is 1. The average Bonchev–Trinajstić information content (AvgIpc) is 2.49. The van der Waals surface area contributed by atoms with E-state index >= 15 is 0 Å². The summed E-state index contributed by atoms with van der Waals surface area (Å²) in [6.07, 6.45) is 6.73. The highest BCUT2D eigenvalue weighted by molar-refractivity contribution is 5.94. The van der Waals surface area contributed by atoms with Crippen molar-refractivity contribution in [3.8, 4) is 0 Å². The van der Waals surface area contributed by atoms with E-state index in [0.29, 0.717) is 6.54 Å². The SMILES string of the molecule is O=C(NCc1cocn1)C1=CCC1. The van der Waals surface area contributed by atoms with Gasteiger partial charge in [-0.3, -0.25) is 4.79 Å². The third-order valence-electron chi connectivity index (χ3n) is 2.01. The predicted octanol–water partition coefficient (Wildman–Crippen LogP) is 1.01. The highest BCUT2D eigenvalue weighted by Gasteiger charge is 2.14. The molecule has 0 fully saturated rings. The second-order valence-electron chi connectivity index (χ2n) is 2.93. The van der Waals surface area contributed by atoms with E-state index in [-0.39, 0.29) is 5.91 Å². The van der Waals surface area contributed by atoms with E-state index in [1.165, 1.54) is 12.7 Å². The molecule has 13 heavy (non-hydrogen) atoms. The van der Waals surface area contributed by atoms with Gasteiger partial charge in [0.1, 0.15) is 6.26 Å². The number of rotatable bonds is 3. The number of hydrogen-bond donors (Lipinski definition) is 1. The molecule has 1 heterocycles. The van der Waals surface area contributed by atoms with Crippen LogP contribution < -0.4 is 5.32 Å². The topological polar surface area (TPSA) is 55.1 Å². The summed E-state index contributed by atoms with van der Waals surface area (Å²) in [4.78, 5) is 15.2. The summed E-state index contributed by atoms with van der Waals surface area (Å²) in [7, 11) is 0. The van der Waals surface area contributed by atoms with Crippen molar-refractivity contribution < 1.29 is 9.21 Å². The van der Waals surface area contributed by atoms with Crippen molar-refractivity contribution in [2.24, 2.45) is 0 Å². The third-order valence-corrected chi connectivity index (χ3v) is 2.01. The Morgan fingerprint density at radius 2 is 2.54 bits per heavy atom. The van der Waals surface area contributed by atoms with Crippen molar-refractivity contribution in [3.63, 3.8) is 0 Å². The Hall–Kier alpha value is -1.58. The first-order valence-electron chi connectivity index (χ1n) is 4.20. The molecule has 0 radical (unpaired) electrons. The van der Waals surface area contributed by atoms with Gasteiger partial charge in [0.25, 0.3) is 0 Å². The number of aromatic nitrogens is 1. The first-order chi connectivity index (χ1) is 6.36. The number of carbonyl (C=O) groups is 1. The summed E-state index contributed by atoms with van der Waals surface area (Å²) in [6.45, 7) is 0.437. The van der Waals surface area contributed by atoms with E-state index in [1.807, 2.05) is 6.08 Å². The first-order valence-corrected chi connectivity index (χ1v) is 4.20. The Bertz CT molecular complexity index is 327. The average molecular weight is 178 g/mol. The molecule has 1 aliphatic rings. The Kier molecular flexibility index (Phi) is 2.12. The van der Waals surface area contributed by atoms with Gasteiger partial charge in [0.05, 0.1) is 12.2 Å². The lowest BCUT2D eigenvalue weighted by atomic mass is 9.98. The van der Waals surface area contributed by atoms with Gasteiger partial charge >= 0.3 is 0 Å². The molecule has 0 aromatic carbocycles. The maximum Gasteiger partial charge on any atom is 0.247 e. The van der Waals surface area contributed by atoms with Crippen LogP contribution in [0.1, 0.15) is 18.5 Å². The minimum atomic E-state index is 0.00856. The van der Waals surface area contributed by atoms with E-state index in [1.54, 1.807) is 0 Å². The fourth-order valence-corrected chi connectivity index (χ4v) is 1.10. The zero-order chi connectivity index (χ0) is 9.10. The van der Waals surface area contributed by atoms with E-state index in [2.05, 4.69) is 10.3 Å². The standard InChI is InChI=1S/C9H10N2O2/c12-9(7-2-1-3-7)10-4-8-5-13-6-11-8/h2,5-6H,1,3-4H2,(H,10,12). The smallest absolute Gasteiger partial charge is 0.247 e. The number of hydrogen-bond acceptors (Lipinski definition) is 3. The molecule has 1 amide bonds. The molecule has 0 saturated heterocycles. The van der Waals surface area contributed by atoms with Crippen molar-refractivity contribution in [2.45, 2.75) is 19.4 Å². The number of nitrogens with one attached hydrogen (secondary N) is 1. The normalized spacial score (nSPS) is 14.6. The second kappa shape index (κ2) is 3.43. The van der Waals surface area contributed by atoms with Crippen LogP contribution >= 0.6 is 0 Å². The van der Waals surface area contributed by atoms with Gasteiger partial charge in [-0.25, -0.2) is 4.98 Å². The Balaban J connectivity index is 1.82. The monoisotopic (exact) mass is 178 g/mol. The van der Waals surface area contributed by atoms with E-state index in [0.717, 1.165) is 24.1 Å². The van der Waals surface area contributed by atoms with Gasteiger partial charge in [-0.1, -0.05) is 6.08 Å². The van der Waals surface area contributed by atoms with E-state index < -0.39 is 0 Å². The van der Waals surface area contributed by atoms with Crippen molar-refractivity contribution >= 4 is 5.91 Å². The molecule has 0 aliphatic heterocycles. The summed E-state index contributed by atoms with van der Waals surface area (Å²) < 4.78 is 4.77. The zero-order valence-electron chi connectivity index (χ0n) is 7.12. The van der Waals surface area contributed by atoms with E-state index in [9.17, 15) is 4.79 Å². The van der Waals surface area contributed by atoms with Crippen LogP contribution in [0.4, 0.5) is 0 Å². The number of nitrogens with zero attached hydrogens (tertiary/aromatic N) is 1. The van der Waals surface area contributed by atoms with Crippen LogP contribution in [0.2, 0.25) is 0 Å². The Labute approximate surface area is 75.7 Å². The van der Waals surface area contributed by atoms with Gasteiger partial charge in [0, 0.05) is 5.57 Å². The molecule has 4 nitrogen and oxygen atoms in total. The molecule has 0 atom stereocenters. The molecule has 4 heteroatoms. The number of carbonyl (C=O) groups excluding carboxylic acids is 1. The van der Waals surface area contributed by atoms with Crippen molar-refractivity contribution in [1.82, 2.24) is 10.3 Å². The van der Waals surface area contributed by atoms with Crippen molar-refractivity contribution in [2.75, 3.05) is 0 Å². The molecule has 0 unspecified atom stereocenters. The molecule has 1 aromatic rings. The summed E-state index contributed by atoms with van der Waals surface area (Å²) in [5.74, 6) is 0.00856. The first kappa shape index (κ1) is 8.04. The second-order valence-corrected chi connectivity index (χ2v) is 2.93. The molecule has 0 bridgehead atoms. The Morgan fingerprint density at radius 3 is 3.08 bits per heavy atom. The van der Waals surface area contributed by atoms with E-state index in [4.69, 9.17) is 4.42 Å². The fourth-order valence-electron chi connectivity index (χ4n) is 1.10. The Morgan fingerprint density at radius 1 is 1.69 bits per heavy atom. The molecular formula is C9H10N2O2. The highest BCUT2D eigenvalue weighted by atomic mass is 16.3. The maximum atomic E-state index is 11.3. The summed E-state index contributed by atoms with van der Waals surface area (Å²) in [5.41, 5.74) is 1.62. The molecule has 68 valence electrons. The van der Waals surface area contributed by atoms with Gasteiger partial charge in [-0.05, 0) is 12.8 Å².